The minimum absolute atomic E-state index is 0.0352. The maximum Gasteiger partial charge on any atom is 0.333 e. The van der Waals surface area contributed by atoms with Crippen molar-refractivity contribution >= 4 is 27.5 Å². The third kappa shape index (κ3) is 6.61. The van der Waals surface area contributed by atoms with Gasteiger partial charge in [-0.3, -0.25) is 9.36 Å². The van der Waals surface area contributed by atoms with Gasteiger partial charge in [0.15, 0.2) is 0 Å². The van der Waals surface area contributed by atoms with E-state index >= 15 is 0 Å². The predicted octanol–water partition coefficient (Wildman–Crippen LogP) is 4.29. The number of aliphatic carboxylic acids is 1. The lowest BCUT2D eigenvalue weighted by Gasteiger charge is -2.26. The summed E-state index contributed by atoms with van der Waals surface area (Å²) in [6.07, 6.45) is 3.99. The molecule has 14 heteroatoms. The fourth-order valence-electron chi connectivity index (χ4n) is 4.82. The fourth-order valence-corrected chi connectivity index (χ4v) is 6.04. The molecule has 3 heterocycles. The Morgan fingerprint density at radius 2 is 1.89 bits per heavy atom. The molecule has 0 aliphatic carbocycles. The van der Waals surface area contributed by atoms with E-state index in [1.165, 1.54) is 60.9 Å². The third-order valence-electron chi connectivity index (χ3n) is 7.38. The van der Waals surface area contributed by atoms with Gasteiger partial charge in [-0.15, -0.1) is 4.80 Å². The number of aryl methyl sites for hydroxylation is 1. The molecule has 1 N–H and O–H groups in total. The van der Waals surface area contributed by atoms with Crippen LogP contribution in [0.25, 0.3) is 15.2 Å². The van der Waals surface area contributed by atoms with Crippen molar-refractivity contribution in [2.24, 2.45) is 5.92 Å². The van der Waals surface area contributed by atoms with Crippen LogP contribution in [-0.2, 0) is 26.4 Å². The number of rotatable bonds is 15. The molecule has 0 spiro atoms. The monoisotopic (exact) mass is 631 g/mol. The van der Waals surface area contributed by atoms with Crippen molar-refractivity contribution < 1.29 is 28.5 Å². The molecule has 4 aromatic rings. The summed E-state index contributed by atoms with van der Waals surface area (Å²) >= 11 is 1.11. The molecular weight excluding hydrogens is 593 g/mol. The van der Waals surface area contributed by atoms with Gasteiger partial charge >= 0.3 is 11.7 Å². The number of unbranched alkanes of at least 4 members (excludes halogenated alkanes) is 1. The number of ether oxygens (including phenoxy) is 3. The van der Waals surface area contributed by atoms with Gasteiger partial charge in [-0.2, -0.15) is 10.2 Å². The molecule has 44 heavy (non-hydrogen) atoms. The van der Waals surface area contributed by atoms with Crippen molar-refractivity contribution in [1.29, 1.82) is 0 Å². The van der Waals surface area contributed by atoms with Crippen molar-refractivity contribution in [3.05, 3.63) is 68.4 Å². The third-order valence-corrected chi connectivity index (χ3v) is 8.66. The topological polar surface area (TPSA) is 140 Å². The van der Waals surface area contributed by atoms with Gasteiger partial charge < -0.3 is 19.3 Å². The van der Waals surface area contributed by atoms with Gasteiger partial charge in [0.25, 0.3) is 5.56 Å². The molecule has 0 radical (unpaired) electrons. The van der Waals surface area contributed by atoms with Gasteiger partial charge in [0.1, 0.15) is 33.0 Å². The van der Waals surface area contributed by atoms with Crippen LogP contribution in [0, 0.1) is 18.7 Å². The lowest BCUT2D eigenvalue weighted by molar-refractivity contribution is -0.146. The largest absolute Gasteiger partial charge is 0.496 e. The Hall–Kier alpha value is -3.88. The molecular formula is C30H38FN5O7S. The van der Waals surface area contributed by atoms with E-state index < -0.39 is 34.7 Å². The van der Waals surface area contributed by atoms with Crippen LogP contribution in [0.3, 0.4) is 0 Å². The Balaban J connectivity index is 1.90. The highest BCUT2D eigenvalue weighted by molar-refractivity contribution is 7.21. The number of aromatic nitrogens is 5. The molecule has 0 aliphatic rings. The smallest absolute Gasteiger partial charge is 0.333 e. The van der Waals surface area contributed by atoms with E-state index in [1.54, 1.807) is 6.92 Å². The van der Waals surface area contributed by atoms with Gasteiger partial charge in [0.05, 0.1) is 44.6 Å². The molecule has 2 atom stereocenters. The number of hydrogen-bond acceptors (Lipinski definition) is 9. The van der Waals surface area contributed by atoms with Crippen molar-refractivity contribution in [2.75, 3.05) is 26.9 Å². The van der Waals surface area contributed by atoms with Crippen LogP contribution in [0.1, 0.15) is 57.8 Å². The maximum absolute atomic E-state index is 14.6. The van der Waals surface area contributed by atoms with Gasteiger partial charge in [0.2, 0.25) is 0 Å². The van der Waals surface area contributed by atoms with Crippen LogP contribution in [0.4, 0.5) is 4.39 Å². The summed E-state index contributed by atoms with van der Waals surface area (Å²) in [5.74, 6) is -1.58. The zero-order valence-corrected chi connectivity index (χ0v) is 26.5. The second-order valence-electron chi connectivity index (χ2n) is 11.2. The highest BCUT2D eigenvalue weighted by atomic mass is 32.1. The number of hydrogen-bond donors (Lipinski definition) is 1. The summed E-state index contributed by atoms with van der Waals surface area (Å²) in [4.78, 5) is 41.9. The number of methoxy groups -OCH3 is 1. The number of thiophene rings is 1. The molecule has 0 aliphatic heterocycles. The molecule has 4 rings (SSSR count). The molecule has 3 aromatic heterocycles. The molecule has 1 aromatic carbocycles. The fraction of sp³-hybridized carbons (Fsp3) is 0.500. The Morgan fingerprint density at radius 3 is 2.52 bits per heavy atom. The second kappa shape index (κ2) is 13.8. The van der Waals surface area contributed by atoms with Crippen LogP contribution in [0.5, 0.6) is 5.75 Å². The lowest BCUT2D eigenvalue weighted by Crippen LogP contribution is -2.52. The first kappa shape index (κ1) is 33.0. The van der Waals surface area contributed by atoms with Crippen LogP contribution in [0.15, 0.2) is 40.2 Å². The zero-order valence-electron chi connectivity index (χ0n) is 25.7. The van der Waals surface area contributed by atoms with Crippen molar-refractivity contribution in [2.45, 2.75) is 65.6 Å². The summed E-state index contributed by atoms with van der Waals surface area (Å²) in [7, 11) is 1.45. The number of carbonyl (C=O) groups is 1. The standard InChI is InChI=1S/C30H38FN5O7S/c1-7-8-13-42-16-18(2)17-43-23(21-14-20(31)9-10-22(21)41-6)15-34-27-24(19(3)26(44-27)36-32-11-12-33-36)25(37)35(29(34)40)30(4,5)28(38)39/h9-12,14,18,23H,7-8,13,15-17H2,1-6H3,(H,38,39)/t18?,23-/m0/s1. The average Bonchev–Trinajstić information content (AvgIpc) is 3.63. The second-order valence-corrected chi connectivity index (χ2v) is 12.1. The van der Waals surface area contributed by atoms with Crippen molar-refractivity contribution in [3.63, 3.8) is 0 Å². The number of benzene rings is 1. The Labute approximate surface area is 257 Å². The molecule has 1 unspecified atom stereocenters. The SMILES string of the molecule is CCCCOCC(C)CO[C@@H](Cn1c(=O)n(C(C)(C)C(=O)O)c(=O)c2c(C)c(-n3nccn3)sc21)c1cc(F)ccc1OC. The normalized spacial score (nSPS) is 13.3. The minimum atomic E-state index is -1.89. The molecule has 0 fully saturated rings. The highest BCUT2D eigenvalue weighted by Crippen LogP contribution is 2.34. The summed E-state index contributed by atoms with van der Waals surface area (Å²) in [6.45, 7) is 9.40. The molecule has 0 saturated carbocycles. The molecule has 0 bridgehead atoms. The van der Waals surface area contributed by atoms with Crippen LogP contribution < -0.4 is 16.0 Å². The van der Waals surface area contributed by atoms with Gasteiger partial charge in [-0.25, -0.2) is 18.5 Å². The minimum Gasteiger partial charge on any atom is -0.496 e. The van der Waals surface area contributed by atoms with E-state index in [9.17, 15) is 23.9 Å². The van der Waals surface area contributed by atoms with Crippen LogP contribution in [0.2, 0.25) is 0 Å². The van der Waals surface area contributed by atoms with E-state index in [0.29, 0.717) is 35.1 Å². The first-order valence-corrected chi connectivity index (χ1v) is 15.2. The number of nitrogens with zero attached hydrogens (tertiary/aromatic N) is 5. The van der Waals surface area contributed by atoms with Gasteiger partial charge in [-0.05, 0) is 45.4 Å². The Bertz CT molecular complexity index is 1730. The molecule has 238 valence electrons. The zero-order chi connectivity index (χ0) is 32.2. The summed E-state index contributed by atoms with van der Waals surface area (Å²) in [5.41, 5.74) is -2.66. The predicted molar refractivity (Wildman–Crippen MR) is 163 cm³/mol. The molecule has 12 nitrogen and oxygen atoms in total. The van der Waals surface area contributed by atoms with E-state index in [0.717, 1.165) is 28.7 Å². The van der Waals surface area contributed by atoms with E-state index in [-0.39, 0.29) is 29.3 Å². The summed E-state index contributed by atoms with van der Waals surface area (Å²) < 4.78 is 34.3. The van der Waals surface area contributed by atoms with Crippen LogP contribution >= 0.6 is 11.3 Å². The van der Waals surface area contributed by atoms with Crippen LogP contribution in [-0.4, -0.2) is 62.1 Å². The lowest BCUT2D eigenvalue weighted by atomic mass is 10.1. The first-order valence-electron chi connectivity index (χ1n) is 14.3. The van der Waals surface area contributed by atoms with E-state index in [1.807, 2.05) is 6.92 Å². The van der Waals surface area contributed by atoms with E-state index in [2.05, 4.69) is 17.1 Å². The van der Waals surface area contributed by atoms with Gasteiger partial charge in [0, 0.05) is 23.7 Å². The molecule has 0 saturated heterocycles. The van der Waals surface area contributed by atoms with E-state index in [4.69, 9.17) is 14.2 Å². The number of fused-ring (bicyclic) bond motifs is 1. The Morgan fingerprint density at radius 1 is 1.18 bits per heavy atom. The quantitative estimate of drug-likeness (QED) is 0.190. The number of carboxylic acids is 1. The summed E-state index contributed by atoms with van der Waals surface area (Å²) in [5, 5.41) is 19.0. The highest BCUT2D eigenvalue weighted by Gasteiger charge is 2.36. The molecule has 0 amide bonds. The number of carboxylic acid groups (broad SMARTS) is 1. The maximum atomic E-state index is 14.6. The van der Waals surface area contributed by atoms with Crippen molar-refractivity contribution in [3.8, 4) is 10.8 Å². The van der Waals surface area contributed by atoms with Gasteiger partial charge in [-0.1, -0.05) is 31.6 Å². The summed E-state index contributed by atoms with van der Waals surface area (Å²) in [6, 6.07) is 4.02. The Kier molecular flexibility index (Phi) is 10.4. The first-order chi connectivity index (χ1) is 20.9. The van der Waals surface area contributed by atoms with Crippen molar-refractivity contribution in [1.82, 2.24) is 24.1 Å². The number of halogens is 1. The average molecular weight is 632 g/mol.